The smallest absolute Gasteiger partial charge is 0.191 e. The Morgan fingerprint density at radius 1 is 1.20 bits per heavy atom. The van der Waals surface area contributed by atoms with E-state index in [0.29, 0.717) is 5.96 Å². The number of guanidine groups is 1. The molecule has 2 heterocycles. The van der Waals surface area contributed by atoms with Crippen molar-refractivity contribution in [1.82, 2.24) is 9.88 Å². The molecule has 0 bridgehead atoms. The Labute approximate surface area is 118 Å². The van der Waals surface area contributed by atoms with Gasteiger partial charge in [0.25, 0.3) is 0 Å². The molecule has 1 saturated carbocycles. The lowest BCUT2D eigenvalue weighted by Crippen LogP contribution is -2.37. The molecule has 4 heteroatoms. The fourth-order valence-corrected chi connectivity index (χ4v) is 3.00. The van der Waals surface area contributed by atoms with Gasteiger partial charge in [-0.3, -0.25) is 9.98 Å². The van der Waals surface area contributed by atoms with Crippen LogP contribution < -0.4 is 5.73 Å². The van der Waals surface area contributed by atoms with Crippen LogP contribution >= 0.6 is 0 Å². The second kappa shape index (κ2) is 4.47. The zero-order valence-electron chi connectivity index (χ0n) is 11.4. The van der Waals surface area contributed by atoms with Crippen molar-refractivity contribution in [3.8, 4) is 0 Å². The molecule has 1 atom stereocenters. The van der Waals surface area contributed by atoms with Crippen LogP contribution in [0.2, 0.25) is 0 Å². The number of aliphatic imine (C=N–C) groups is 1. The van der Waals surface area contributed by atoms with Crippen LogP contribution in [0.1, 0.15) is 24.4 Å². The highest BCUT2D eigenvalue weighted by molar-refractivity contribution is 5.87. The van der Waals surface area contributed by atoms with Crippen molar-refractivity contribution in [3.05, 3.63) is 42.2 Å². The molecule has 102 valence electrons. The maximum atomic E-state index is 6.08. The third-order valence-electron chi connectivity index (χ3n) is 4.31. The Hall–Kier alpha value is -2.10. The number of aromatic nitrogens is 1. The highest BCUT2D eigenvalue weighted by atomic mass is 15.3. The molecule has 4 rings (SSSR count). The topological polar surface area (TPSA) is 54.5 Å². The molecule has 4 nitrogen and oxygen atoms in total. The predicted molar refractivity (Wildman–Crippen MR) is 80.4 cm³/mol. The fraction of sp³-hybridized carbons (Fsp3) is 0.375. The predicted octanol–water partition coefficient (Wildman–Crippen LogP) is 2.32. The van der Waals surface area contributed by atoms with Crippen LogP contribution in [0.25, 0.3) is 10.8 Å². The highest BCUT2D eigenvalue weighted by Gasteiger charge is 2.33. The summed E-state index contributed by atoms with van der Waals surface area (Å²) in [5.41, 5.74) is 7.33. The standard InChI is InChI=1S/C16H18N4/c17-16-19-9-15(20(16)10-11-5-6-11)14-8-18-7-12-3-1-2-4-13(12)14/h1-4,7-8,11,15H,5-6,9-10H2,(H2,17,19). The molecular formula is C16H18N4. The molecule has 1 aliphatic heterocycles. The molecule has 0 radical (unpaired) electrons. The van der Waals surface area contributed by atoms with Gasteiger partial charge in [0.05, 0.1) is 12.6 Å². The molecule has 1 unspecified atom stereocenters. The van der Waals surface area contributed by atoms with Gasteiger partial charge in [-0.2, -0.15) is 0 Å². The molecule has 0 saturated heterocycles. The maximum Gasteiger partial charge on any atom is 0.191 e. The van der Waals surface area contributed by atoms with E-state index in [2.05, 4.69) is 39.1 Å². The van der Waals surface area contributed by atoms with Gasteiger partial charge >= 0.3 is 0 Å². The van der Waals surface area contributed by atoms with Crippen LogP contribution in [0.15, 0.2) is 41.7 Å². The summed E-state index contributed by atoms with van der Waals surface area (Å²) in [6.07, 6.45) is 6.54. The van der Waals surface area contributed by atoms with Crippen LogP contribution in [0.4, 0.5) is 0 Å². The lowest BCUT2D eigenvalue weighted by molar-refractivity contribution is 0.335. The third kappa shape index (κ3) is 1.92. The van der Waals surface area contributed by atoms with Crippen LogP contribution in [0.3, 0.4) is 0 Å². The van der Waals surface area contributed by atoms with Gasteiger partial charge in [-0.05, 0) is 24.1 Å². The van der Waals surface area contributed by atoms with Gasteiger partial charge in [-0.1, -0.05) is 24.3 Å². The van der Waals surface area contributed by atoms with Gasteiger partial charge in [0.15, 0.2) is 5.96 Å². The van der Waals surface area contributed by atoms with Gasteiger partial charge < -0.3 is 10.6 Å². The number of pyridine rings is 1. The Morgan fingerprint density at radius 3 is 2.90 bits per heavy atom. The number of rotatable bonds is 3. The second-order valence-corrected chi connectivity index (χ2v) is 5.76. The van der Waals surface area contributed by atoms with E-state index in [4.69, 9.17) is 5.73 Å². The zero-order chi connectivity index (χ0) is 13.5. The Morgan fingerprint density at radius 2 is 2.05 bits per heavy atom. The van der Waals surface area contributed by atoms with Gasteiger partial charge in [0, 0.05) is 29.9 Å². The number of hydrogen-bond acceptors (Lipinski definition) is 4. The Kier molecular flexibility index (Phi) is 2.62. The minimum absolute atomic E-state index is 0.245. The van der Waals surface area contributed by atoms with E-state index in [-0.39, 0.29) is 6.04 Å². The van der Waals surface area contributed by atoms with Crippen molar-refractivity contribution in [2.45, 2.75) is 18.9 Å². The van der Waals surface area contributed by atoms with Gasteiger partial charge in [-0.15, -0.1) is 0 Å². The Balaban J connectivity index is 1.74. The normalized spacial score (nSPS) is 22.3. The summed E-state index contributed by atoms with van der Waals surface area (Å²) in [5.74, 6) is 1.49. The molecule has 20 heavy (non-hydrogen) atoms. The van der Waals surface area contributed by atoms with Crippen molar-refractivity contribution in [2.24, 2.45) is 16.6 Å². The first-order valence-corrected chi connectivity index (χ1v) is 7.22. The summed E-state index contributed by atoms with van der Waals surface area (Å²) in [7, 11) is 0. The van der Waals surface area contributed by atoms with Gasteiger partial charge in [0.1, 0.15) is 0 Å². The van der Waals surface area contributed by atoms with Crippen molar-refractivity contribution < 1.29 is 0 Å². The second-order valence-electron chi connectivity index (χ2n) is 5.76. The first-order valence-electron chi connectivity index (χ1n) is 7.22. The van der Waals surface area contributed by atoms with Crippen molar-refractivity contribution in [2.75, 3.05) is 13.1 Å². The van der Waals surface area contributed by atoms with Crippen molar-refractivity contribution in [3.63, 3.8) is 0 Å². The number of fused-ring (bicyclic) bond motifs is 1. The molecule has 1 fully saturated rings. The fourth-order valence-electron chi connectivity index (χ4n) is 3.00. The van der Waals surface area contributed by atoms with E-state index in [1.54, 1.807) is 0 Å². The number of nitrogens with two attached hydrogens (primary N) is 1. The minimum atomic E-state index is 0.245. The van der Waals surface area contributed by atoms with Crippen molar-refractivity contribution >= 4 is 16.7 Å². The van der Waals surface area contributed by atoms with E-state index in [0.717, 1.165) is 19.0 Å². The molecule has 1 aliphatic carbocycles. The quantitative estimate of drug-likeness (QED) is 0.927. The van der Waals surface area contributed by atoms with E-state index < -0.39 is 0 Å². The van der Waals surface area contributed by atoms with E-state index in [9.17, 15) is 0 Å². The van der Waals surface area contributed by atoms with Crippen LogP contribution in [-0.2, 0) is 0 Å². The molecule has 1 aromatic heterocycles. The van der Waals surface area contributed by atoms with Gasteiger partial charge in [-0.25, -0.2) is 0 Å². The minimum Gasteiger partial charge on any atom is -0.370 e. The average Bonchev–Trinajstić information content (AvgIpc) is 3.23. The van der Waals surface area contributed by atoms with Crippen molar-refractivity contribution in [1.29, 1.82) is 0 Å². The molecule has 0 amide bonds. The third-order valence-corrected chi connectivity index (χ3v) is 4.31. The van der Waals surface area contributed by atoms with E-state index in [1.165, 1.54) is 29.2 Å². The van der Waals surface area contributed by atoms with Crippen LogP contribution in [0.5, 0.6) is 0 Å². The summed E-state index contributed by atoms with van der Waals surface area (Å²) < 4.78 is 0. The zero-order valence-corrected chi connectivity index (χ0v) is 11.4. The lowest BCUT2D eigenvalue weighted by atomic mass is 10.0. The number of nitrogens with zero attached hydrogens (tertiary/aromatic N) is 3. The first kappa shape index (κ1) is 11.7. The summed E-state index contributed by atoms with van der Waals surface area (Å²) in [4.78, 5) is 11.1. The molecule has 2 N–H and O–H groups in total. The van der Waals surface area contributed by atoms with E-state index >= 15 is 0 Å². The molecule has 1 aromatic carbocycles. The highest BCUT2D eigenvalue weighted by Crippen LogP contribution is 2.36. The summed E-state index contributed by atoms with van der Waals surface area (Å²) in [6.45, 7) is 1.78. The molecule has 2 aliphatic rings. The molecule has 0 spiro atoms. The van der Waals surface area contributed by atoms with Crippen LogP contribution in [0, 0.1) is 5.92 Å². The largest absolute Gasteiger partial charge is 0.370 e. The molecular weight excluding hydrogens is 248 g/mol. The maximum absolute atomic E-state index is 6.08. The summed E-state index contributed by atoms with van der Waals surface area (Å²) in [5, 5.41) is 2.44. The summed E-state index contributed by atoms with van der Waals surface area (Å²) in [6, 6.07) is 8.65. The van der Waals surface area contributed by atoms with E-state index in [1.807, 2.05) is 12.4 Å². The van der Waals surface area contributed by atoms with Gasteiger partial charge in [0.2, 0.25) is 0 Å². The molecule has 2 aromatic rings. The lowest BCUT2D eigenvalue weighted by Gasteiger charge is -2.27. The SMILES string of the molecule is NC1=NCC(c2cncc3ccccc23)N1CC1CC1. The van der Waals surface area contributed by atoms with Crippen LogP contribution in [-0.4, -0.2) is 28.9 Å². The first-order chi connectivity index (χ1) is 9.83. The monoisotopic (exact) mass is 266 g/mol. The number of benzene rings is 1. The number of hydrogen-bond donors (Lipinski definition) is 1. The summed E-state index contributed by atoms with van der Waals surface area (Å²) >= 11 is 0. The average molecular weight is 266 g/mol. The Bertz CT molecular complexity index is 670.